The first-order chi connectivity index (χ1) is 5.65. The van der Waals surface area contributed by atoms with E-state index in [0.29, 0.717) is 11.8 Å². The number of rotatable bonds is 2. The zero-order valence-corrected chi connectivity index (χ0v) is 7.96. The van der Waals surface area contributed by atoms with Crippen molar-refractivity contribution in [1.82, 2.24) is 9.97 Å². The van der Waals surface area contributed by atoms with E-state index in [-0.39, 0.29) is 0 Å². The highest BCUT2D eigenvalue weighted by Crippen LogP contribution is 2.16. The monoisotopic (exact) mass is 166 g/mol. The Morgan fingerprint density at radius 3 is 2.58 bits per heavy atom. The molecule has 66 valence electrons. The van der Waals surface area contributed by atoms with Crippen molar-refractivity contribution < 1.29 is 4.74 Å². The second-order valence-electron chi connectivity index (χ2n) is 3.08. The lowest BCUT2D eigenvalue weighted by Crippen LogP contribution is -2.00. The molecule has 0 aliphatic heterocycles. The van der Waals surface area contributed by atoms with Gasteiger partial charge < -0.3 is 4.74 Å². The highest BCUT2D eigenvalue weighted by molar-refractivity contribution is 5.22. The molecule has 0 spiro atoms. The van der Waals surface area contributed by atoms with Crippen molar-refractivity contribution in [2.75, 3.05) is 7.11 Å². The quantitative estimate of drug-likeness (QED) is 0.673. The Kier molecular flexibility index (Phi) is 2.63. The summed E-state index contributed by atoms with van der Waals surface area (Å²) in [5.41, 5.74) is 0.974. The van der Waals surface area contributed by atoms with Crippen LogP contribution < -0.4 is 4.74 Å². The molecular formula is C9H14N2O. The Morgan fingerprint density at radius 1 is 1.42 bits per heavy atom. The fraction of sp³-hybridized carbons (Fsp3) is 0.556. The van der Waals surface area contributed by atoms with Crippen LogP contribution in [0.2, 0.25) is 0 Å². The molecule has 1 rings (SSSR count). The summed E-state index contributed by atoms with van der Waals surface area (Å²) in [6.07, 6.45) is 1.79. The van der Waals surface area contributed by atoms with Gasteiger partial charge in [-0.1, -0.05) is 13.8 Å². The van der Waals surface area contributed by atoms with Gasteiger partial charge in [0, 0.05) is 17.7 Å². The minimum absolute atomic E-state index is 0.347. The molecule has 1 aromatic rings. The van der Waals surface area contributed by atoms with Crippen LogP contribution in [0, 0.1) is 6.92 Å². The smallest absolute Gasteiger partial charge is 0.219 e. The van der Waals surface area contributed by atoms with Crippen LogP contribution in [-0.2, 0) is 0 Å². The third-order valence-corrected chi connectivity index (χ3v) is 1.65. The van der Waals surface area contributed by atoms with Crippen LogP contribution in [0.3, 0.4) is 0 Å². The van der Waals surface area contributed by atoms with Crippen molar-refractivity contribution in [2.45, 2.75) is 26.7 Å². The molecule has 12 heavy (non-hydrogen) atoms. The van der Waals surface area contributed by atoms with Crippen LogP contribution in [0.4, 0.5) is 0 Å². The van der Waals surface area contributed by atoms with Gasteiger partial charge in [-0.25, -0.2) is 4.98 Å². The highest BCUT2D eigenvalue weighted by Gasteiger charge is 2.06. The number of nitrogens with zero attached hydrogens (tertiary/aromatic N) is 2. The van der Waals surface area contributed by atoms with Crippen LogP contribution in [0.15, 0.2) is 6.20 Å². The summed E-state index contributed by atoms with van der Waals surface area (Å²) < 4.78 is 5.08. The van der Waals surface area contributed by atoms with Crippen molar-refractivity contribution in [3.05, 3.63) is 17.6 Å². The largest absolute Gasteiger partial charge is 0.481 e. The number of ether oxygens (including phenoxy) is 1. The molecule has 0 N–H and O–H groups in total. The average Bonchev–Trinajstić information content (AvgIpc) is 2.05. The molecule has 0 aromatic carbocycles. The lowest BCUT2D eigenvalue weighted by molar-refractivity contribution is 0.390. The van der Waals surface area contributed by atoms with Crippen molar-refractivity contribution >= 4 is 0 Å². The molecule has 0 bridgehead atoms. The predicted molar refractivity (Wildman–Crippen MR) is 47.4 cm³/mol. The standard InChI is InChI=1S/C9H14N2O/c1-6(2)8-10-5-7(3)9(11-8)12-4/h5-6H,1-4H3. The molecule has 0 fully saturated rings. The first kappa shape index (κ1) is 8.97. The molecule has 0 aliphatic rings. The third kappa shape index (κ3) is 1.72. The van der Waals surface area contributed by atoms with Gasteiger partial charge in [0.2, 0.25) is 5.88 Å². The van der Waals surface area contributed by atoms with Crippen LogP contribution in [-0.4, -0.2) is 17.1 Å². The average molecular weight is 166 g/mol. The third-order valence-electron chi connectivity index (χ3n) is 1.65. The van der Waals surface area contributed by atoms with Gasteiger partial charge in [-0.2, -0.15) is 4.98 Å². The van der Waals surface area contributed by atoms with E-state index >= 15 is 0 Å². The van der Waals surface area contributed by atoms with E-state index in [4.69, 9.17) is 4.74 Å². The normalized spacial score (nSPS) is 10.4. The molecule has 3 heteroatoms. The molecule has 0 saturated heterocycles. The molecule has 1 heterocycles. The molecule has 0 unspecified atom stereocenters. The van der Waals surface area contributed by atoms with E-state index in [1.807, 2.05) is 6.92 Å². The summed E-state index contributed by atoms with van der Waals surface area (Å²) in [5.74, 6) is 1.85. The Bertz CT molecular complexity index is 271. The van der Waals surface area contributed by atoms with Crippen LogP contribution in [0.25, 0.3) is 0 Å². The van der Waals surface area contributed by atoms with E-state index in [1.54, 1.807) is 13.3 Å². The van der Waals surface area contributed by atoms with Gasteiger partial charge >= 0.3 is 0 Å². The van der Waals surface area contributed by atoms with Gasteiger partial charge in [0.25, 0.3) is 0 Å². The topological polar surface area (TPSA) is 35.0 Å². The lowest BCUT2D eigenvalue weighted by Gasteiger charge is -2.06. The fourth-order valence-electron chi connectivity index (χ4n) is 0.924. The SMILES string of the molecule is COc1nc(C(C)C)ncc1C. The lowest BCUT2D eigenvalue weighted by atomic mass is 10.2. The Morgan fingerprint density at radius 2 is 2.08 bits per heavy atom. The fourth-order valence-corrected chi connectivity index (χ4v) is 0.924. The summed E-state index contributed by atoms with van der Waals surface area (Å²) in [6, 6.07) is 0. The number of aryl methyl sites for hydroxylation is 1. The van der Waals surface area contributed by atoms with E-state index in [9.17, 15) is 0 Å². The van der Waals surface area contributed by atoms with Crippen LogP contribution in [0.5, 0.6) is 5.88 Å². The van der Waals surface area contributed by atoms with Gasteiger partial charge in [-0.3, -0.25) is 0 Å². The maximum atomic E-state index is 5.08. The maximum absolute atomic E-state index is 5.08. The van der Waals surface area contributed by atoms with E-state index in [0.717, 1.165) is 11.4 Å². The molecule has 1 aromatic heterocycles. The van der Waals surface area contributed by atoms with Gasteiger partial charge in [-0.05, 0) is 6.92 Å². The molecule has 0 aliphatic carbocycles. The summed E-state index contributed by atoms with van der Waals surface area (Å²) in [6.45, 7) is 6.05. The molecule has 0 radical (unpaired) electrons. The van der Waals surface area contributed by atoms with E-state index in [1.165, 1.54) is 0 Å². The number of hydrogen-bond acceptors (Lipinski definition) is 3. The van der Waals surface area contributed by atoms with Crippen molar-refractivity contribution in [1.29, 1.82) is 0 Å². The first-order valence-corrected chi connectivity index (χ1v) is 4.02. The number of methoxy groups -OCH3 is 1. The minimum atomic E-state index is 0.347. The van der Waals surface area contributed by atoms with E-state index < -0.39 is 0 Å². The molecular weight excluding hydrogens is 152 g/mol. The number of hydrogen-bond donors (Lipinski definition) is 0. The number of aromatic nitrogens is 2. The zero-order valence-electron chi connectivity index (χ0n) is 7.96. The summed E-state index contributed by atoms with van der Waals surface area (Å²) in [4.78, 5) is 8.45. The summed E-state index contributed by atoms with van der Waals surface area (Å²) in [7, 11) is 1.62. The molecule has 0 saturated carbocycles. The van der Waals surface area contributed by atoms with Gasteiger partial charge in [0.15, 0.2) is 0 Å². The summed E-state index contributed by atoms with van der Waals surface area (Å²) >= 11 is 0. The molecule has 0 atom stereocenters. The first-order valence-electron chi connectivity index (χ1n) is 4.02. The molecule has 3 nitrogen and oxygen atoms in total. The highest BCUT2D eigenvalue weighted by atomic mass is 16.5. The van der Waals surface area contributed by atoms with Crippen molar-refractivity contribution in [3.8, 4) is 5.88 Å². The van der Waals surface area contributed by atoms with E-state index in [2.05, 4.69) is 23.8 Å². The second-order valence-corrected chi connectivity index (χ2v) is 3.08. The van der Waals surface area contributed by atoms with Gasteiger partial charge in [0.05, 0.1) is 7.11 Å². The zero-order chi connectivity index (χ0) is 9.14. The predicted octanol–water partition coefficient (Wildman–Crippen LogP) is 1.92. The van der Waals surface area contributed by atoms with Crippen molar-refractivity contribution in [2.24, 2.45) is 0 Å². The maximum Gasteiger partial charge on any atom is 0.219 e. The second kappa shape index (κ2) is 3.52. The summed E-state index contributed by atoms with van der Waals surface area (Å²) in [5, 5.41) is 0. The van der Waals surface area contributed by atoms with Gasteiger partial charge in [0.1, 0.15) is 5.82 Å². The Hall–Kier alpha value is -1.12. The van der Waals surface area contributed by atoms with Crippen LogP contribution in [0.1, 0.15) is 31.2 Å². The van der Waals surface area contributed by atoms with Crippen molar-refractivity contribution in [3.63, 3.8) is 0 Å². The Labute approximate surface area is 72.8 Å². The Balaban J connectivity index is 3.05. The minimum Gasteiger partial charge on any atom is -0.481 e. The van der Waals surface area contributed by atoms with Gasteiger partial charge in [-0.15, -0.1) is 0 Å². The van der Waals surface area contributed by atoms with Crippen LogP contribution >= 0.6 is 0 Å². The molecule has 0 amide bonds.